The van der Waals surface area contributed by atoms with E-state index in [4.69, 9.17) is 4.74 Å². The first-order chi connectivity index (χ1) is 17.1. The number of halogens is 2. The molecule has 9 heteroatoms. The molecule has 36 heavy (non-hydrogen) atoms. The van der Waals surface area contributed by atoms with Crippen LogP contribution in [0, 0.1) is 24.5 Å². The molecule has 0 saturated heterocycles. The molecule has 2 aliphatic rings. The SMILES string of the molecule is CC(=O)NC1CC([C@H]2CN(S(=O)(=O)c3cccc(C)c3)c3cc(-c4cc(F)ccc4F)ccc3O2)C1. The number of hydrogen-bond acceptors (Lipinski definition) is 4. The highest BCUT2D eigenvalue weighted by molar-refractivity contribution is 7.92. The fraction of sp³-hybridized carbons (Fsp3) is 0.296. The van der Waals surface area contributed by atoms with E-state index in [0.29, 0.717) is 24.2 Å². The Morgan fingerprint density at radius 2 is 1.83 bits per heavy atom. The van der Waals surface area contributed by atoms with Gasteiger partial charge in [0.1, 0.15) is 23.5 Å². The number of benzene rings is 3. The summed E-state index contributed by atoms with van der Waals surface area (Å²) in [7, 11) is -3.98. The number of fused-ring (bicyclic) bond motifs is 1. The van der Waals surface area contributed by atoms with Crippen LogP contribution >= 0.6 is 0 Å². The van der Waals surface area contributed by atoms with Gasteiger partial charge in [0.05, 0.1) is 17.1 Å². The molecule has 1 saturated carbocycles. The first-order valence-corrected chi connectivity index (χ1v) is 13.2. The lowest BCUT2D eigenvalue weighted by atomic mass is 9.76. The number of aryl methyl sites for hydroxylation is 1. The third-order valence-electron chi connectivity index (χ3n) is 6.78. The summed E-state index contributed by atoms with van der Waals surface area (Å²) in [6, 6.07) is 14.6. The molecule has 0 radical (unpaired) electrons. The van der Waals surface area contributed by atoms with E-state index in [1.807, 2.05) is 13.0 Å². The maximum atomic E-state index is 14.5. The summed E-state index contributed by atoms with van der Waals surface area (Å²) < 4.78 is 63.6. The first-order valence-electron chi connectivity index (χ1n) is 11.7. The van der Waals surface area contributed by atoms with Crippen LogP contribution in [-0.2, 0) is 14.8 Å². The van der Waals surface area contributed by atoms with Crippen LogP contribution in [0.3, 0.4) is 0 Å². The summed E-state index contributed by atoms with van der Waals surface area (Å²) in [6.07, 6.45) is 0.952. The van der Waals surface area contributed by atoms with E-state index in [9.17, 15) is 22.0 Å². The summed E-state index contributed by atoms with van der Waals surface area (Å²) in [4.78, 5) is 11.5. The molecular formula is C27H26F2N2O4S. The lowest BCUT2D eigenvalue weighted by Gasteiger charge is -2.44. The Balaban J connectivity index is 1.55. The Kier molecular flexibility index (Phi) is 6.20. The Hall–Kier alpha value is -3.46. The molecule has 1 amide bonds. The van der Waals surface area contributed by atoms with Gasteiger partial charge in [-0.25, -0.2) is 17.2 Å². The number of rotatable bonds is 5. The number of carbonyl (C=O) groups is 1. The van der Waals surface area contributed by atoms with Crippen LogP contribution < -0.4 is 14.4 Å². The van der Waals surface area contributed by atoms with Crippen molar-refractivity contribution in [3.05, 3.63) is 77.9 Å². The minimum atomic E-state index is -3.98. The van der Waals surface area contributed by atoms with Gasteiger partial charge in [0.25, 0.3) is 10.0 Å². The van der Waals surface area contributed by atoms with Crippen molar-refractivity contribution in [2.24, 2.45) is 5.92 Å². The molecular weight excluding hydrogens is 486 g/mol. The number of nitrogens with zero attached hydrogens (tertiary/aromatic N) is 1. The average molecular weight is 513 g/mol. The minimum Gasteiger partial charge on any atom is -0.486 e. The standard InChI is InChI=1S/C27H26F2N2O4S/c1-16-4-3-5-22(10-16)36(33,34)31-15-27(19-11-21(12-19)30-17(2)32)35-26-9-6-18(13-25(26)31)23-14-20(28)7-8-24(23)29/h3-10,13-14,19,21,27H,11-12,15H2,1-2H3,(H,30,32)/t19?,21?,27-/m1/s1. The largest absolute Gasteiger partial charge is 0.486 e. The van der Waals surface area contributed by atoms with Crippen LogP contribution in [0.5, 0.6) is 5.75 Å². The predicted octanol–water partition coefficient (Wildman–Crippen LogP) is 4.81. The molecule has 0 bridgehead atoms. The topological polar surface area (TPSA) is 75.7 Å². The molecule has 1 fully saturated rings. The van der Waals surface area contributed by atoms with E-state index in [-0.39, 0.29) is 40.6 Å². The van der Waals surface area contributed by atoms with Gasteiger partial charge in [0, 0.05) is 24.4 Å². The van der Waals surface area contributed by atoms with Gasteiger partial charge in [-0.1, -0.05) is 18.2 Å². The molecule has 0 unspecified atom stereocenters. The van der Waals surface area contributed by atoms with Crippen molar-refractivity contribution in [2.75, 3.05) is 10.8 Å². The second kappa shape index (κ2) is 9.20. The Morgan fingerprint density at radius 3 is 2.56 bits per heavy atom. The molecule has 188 valence electrons. The Bertz CT molecular complexity index is 1440. The molecule has 1 heterocycles. The van der Waals surface area contributed by atoms with E-state index >= 15 is 0 Å². The van der Waals surface area contributed by atoms with Gasteiger partial charge in [0.15, 0.2) is 0 Å². The van der Waals surface area contributed by atoms with E-state index in [1.54, 1.807) is 30.3 Å². The molecule has 5 rings (SSSR count). The van der Waals surface area contributed by atoms with E-state index in [1.165, 1.54) is 17.3 Å². The van der Waals surface area contributed by atoms with Crippen molar-refractivity contribution in [1.82, 2.24) is 5.32 Å². The monoisotopic (exact) mass is 512 g/mol. The second-order valence-electron chi connectivity index (χ2n) is 9.44. The van der Waals surface area contributed by atoms with Crippen LogP contribution in [0.15, 0.2) is 65.6 Å². The van der Waals surface area contributed by atoms with Gasteiger partial charge in [0.2, 0.25) is 5.91 Å². The van der Waals surface area contributed by atoms with Crippen molar-refractivity contribution in [3.8, 4) is 16.9 Å². The highest BCUT2D eigenvalue weighted by atomic mass is 32.2. The number of nitrogens with one attached hydrogen (secondary N) is 1. The molecule has 1 N–H and O–H groups in total. The minimum absolute atomic E-state index is 0.0324. The lowest BCUT2D eigenvalue weighted by Crippen LogP contribution is -2.54. The molecule has 1 aliphatic carbocycles. The Morgan fingerprint density at radius 1 is 1.06 bits per heavy atom. The summed E-state index contributed by atoms with van der Waals surface area (Å²) in [5, 5.41) is 2.88. The van der Waals surface area contributed by atoms with Gasteiger partial charge in [-0.3, -0.25) is 9.10 Å². The summed E-state index contributed by atoms with van der Waals surface area (Å²) in [6.45, 7) is 3.35. The van der Waals surface area contributed by atoms with Gasteiger partial charge in [-0.2, -0.15) is 0 Å². The fourth-order valence-corrected chi connectivity index (χ4v) is 6.49. The normalized spacial score (nSPS) is 21.2. The second-order valence-corrected chi connectivity index (χ2v) is 11.3. The van der Waals surface area contributed by atoms with Crippen LogP contribution in [0.1, 0.15) is 25.3 Å². The quantitative estimate of drug-likeness (QED) is 0.532. The first kappa shape index (κ1) is 24.2. The van der Waals surface area contributed by atoms with Crippen LogP contribution in [0.4, 0.5) is 14.5 Å². The summed E-state index contributed by atoms with van der Waals surface area (Å²) in [5.41, 5.74) is 1.44. The number of ether oxygens (including phenoxy) is 1. The van der Waals surface area contributed by atoms with Crippen LogP contribution in [0.2, 0.25) is 0 Å². The maximum Gasteiger partial charge on any atom is 0.264 e. The highest BCUT2D eigenvalue weighted by Crippen LogP contribution is 2.44. The molecule has 3 aromatic rings. The molecule has 3 aromatic carbocycles. The van der Waals surface area contributed by atoms with E-state index in [0.717, 1.165) is 23.8 Å². The zero-order chi connectivity index (χ0) is 25.6. The van der Waals surface area contributed by atoms with Crippen LogP contribution in [-0.4, -0.2) is 33.0 Å². The predicted molar refractivity (Wildman–Crippen MR) is 132 cm³/mol. The maximum absolute atomic E-state index is 14.5. The lowest BCUT2D eigenvalue weighted by molar-refractivity contribution is -0.120. The van der Waals surface area contributed by atoms with Crippen molar-refractivity contribution >= 4 is 21.6 Å². The van der Waals surface area contributed by atoms with Crippen molar-refractivity contribution in [2.45, 2.75) is 43.7 Å². The molecule has 1 aliphatic heterocycles. The zero-order valence-electron chi connectivity index (χ0n) is 19.9. The number of hydrogen-bond donors (Lipinski definition) is 1. The van der Waals surface area contributed by atoms with Gasteiger partial charge in [-0.15, -0.1) is 0 Å². The van der Waals surface area contributed by atoms with Crippen LogP contribution in [0.25, 0.3) is 11.1 Å². The summed E-state index contributed by atoms with van der Waals surface area (Å²) >= 11 is 0. The van der Waals surface area contributed by atoms with E-state index in [2.05, 4.69) is 5.32 Å². The third kappa shape index (κ3) is 4.55. The zero-order valence-corrected chi connectivity index (χ0v) is 20.7. The molecule has 6 nitrogen and oxygen atoms in total. The fourth-order valence-electron chi connectivity index (χ4n) is 4.91. The van der Waals surface area contributed by atoms with Crippen molar-refractivity contribution < 1.29 is 26.7 Å². The number of anilines is 1. The van der Waals surface area contributed by atoms with Crippen molar-refractivity contribution in [3.63, 3.8) is 0 Å². The van der Waals surface area contributed by atoms with Crippen molar-refractivity contribution in [1.29, 1.82) is 0 Å². The molecule has 0 spiro atoms. The molecule has 1 atom stereocenters. The third-order valence-corrected chi connectivity index (χ3v) is 8.55. The highest BCUT2D eigenvalue weighted by Gasteiger charge is 2.43. The van der Waals surface area contributed by atoms with Gasteiger partial charge >= 0.3 is 0 Å². The molecule has 0 aromatic heterocycles. The average Bonchev–Trinajstić information content (AvgIpc) is 2.81. The Labute approximate surface area is 208 Å². The number of carbonyl (C=O) groups excluding carboxylic acids is 1. The summed E-state index contributed by atoms with van der Waals surface area (Å²) in [5.74, 6) is -0.897. The van der Waals surface area contributed by atoms with Gasteiger partial charge in [-0.05, 0) is 73.4 Å². The smallest absolute Gasteiger partial charge is 0.264 e. The number of sulfonamides is 1. The van der Waals surface area contributed by atoms with Gasteiger partial charge < -0.3 is 10.1 Å². The number of amides is 1. The van der Waals surface area contributed by atoms with E-state index < -0.39 is 27.8 Å².